The summed E-state index contributed by atoms with van der Waals surface area (Å²) in [4.78, 5) is 1.82. The van der Waals surface area contributed by atoms with Gasteiger partial charge in [-0.2, -0.15) is 10.4 Å². The largest absolute Gasteiger partial charge is 0.310 e. The van der Waals surface area contributed by atoms with Crippen molar-refractivity contribution >= 4 is 0 Å². The molecule has 1 aliphatic heterocycles. The number of aromatic nitrogens is 2. The molecule has 4 rings (SSSR count). The molecule has 2 aromatic carbocycles. The van der Waals surface area contributed by atoms with E-state index in [1.807, 2.05) is 11.0 Å². The van der Waals surface area contributed by atoms with Crippen LogP contribution in [0.25, 0.3) is 22.4 Å². The molecule has 0 radical (unpaired) electrons. The van der Waals surface area contributed by atoms with E-state index >= 15 is 0 Å². The van der Waals surface area contributed by atoms with Gasteiger partial charge in [0.1, 0.15) is 0 Å². The number of nitrogens with zero attached hydrogens (tertiary/aromatic N) is 3. The molecule has 1 aromatic heterocycles. The monoisotopic (exact) mass is 328 g/mol. The molecule has 3 aromatic rings. The molecule has 0 aliphatic carbocycles. The molecule has 4 heteroatoms. The fraction of sp³-hybridized carbons (Fsp3) is 0.238. The van der Waals surface area contributed by atoms with Gasteiger partial charge in [-0.15, -0.1) is 0 Å². The van der Waals surface area contributed by atoms with E-state index < -0.39 is 0 Å². The Kier molecular flexibility index (Phi) is 3.99. The Morgan fingerprint density at radius 3 is 2.36 bits per heavy atom. The SMILES string of the molecule is CC1CN(C#N)CC1c1cc(-c2ccc(-c3ccccc3)cc2)n[nH]1. The van der Waals surface area contributed by atoms with Crippen molar-refractivity contribution in [3.05, 3.63) is 66.4 Å². The van der Waals surface area contributed by atoms with E-state index in [0.29, 0.717) is 11.8 Å². The molecule has 1 saturated heterocycles. The third kappa shape index (κ3) is 3.01. The van der Waals surface area contributed by atoms with Crippen molar-refractivity contribution in [3.8, 4) is 28.6 Å². The molecule has 124 valence electrons. The molecule has 2 atom stereocenters. The Labute approximate surface area is 147 Å². The molecule has 25 heavy (non-hydrogen) atoms. The van der Waals surface area contributed by atoms with Gasteiger partial charge in [-0.05, 0) is 23.1 Å². The number of likely N-dealkylation sites (tertiary alicyclic amines) is 1. The minimum Gasteiger partial charge on any atom is -0.310 e. The number of aromatic amines is 1. The highest BCUT2D eigenvalue weighted by molar-refractivity contribution is 5.68. The van der Waals surface area contributed by atoms with Gasteiger partial charge < -0.3 is 4.90 Å². The Morgan fingerprint density at radius 1 is 1.00 bits per heavy atom. The number of benzene rings is 2. The average Bonchev–Trinajstić information content (AvgIpc) is 3.29. The molecule has 0 bridgehead atoms. The molecule has 1 fully saturated rings. The second-order valence-electron chi connectivity index (χ2n) is 6.74. The topological polar surface area (TPSA) is 55.7 Å². The summed E-state index contributed by atoms with van der Waals surface area (Å²) >= 11 is 0. The standard InChI is InChI=1S/C21H20N4/c1-15-12-25(14-22)13-19(15)21-11-20(23-24-21)18-9-7-17(8-10-18)16-5-3-2-4-6-16/h2-11,15,19H,12-13H2,1H3,(H,23,24). The fourth-order valence-electron chi connectivity index (χ4n) is 3.59. The molecule has 0 spiro atoms. The lowest BCUT2D eigenvalue weighted by Gasteiger charge is -2.10. The van der Waals surface area contributed by atoms with Crippen LogP contribution in [-0.4, -0.2) is 28.2 Å². The third-order valence-corrected chi connectivity index (χ3v) is 5.04. The first-order chi connectivity index (χ1) is 12.2. The van der Waals surface area contributed by atoms with Crippen LogP contribution in [-0.2, 0) is 0 Å². The van der Waals surface area contributed by atoms with Crippen molar-refractivity contribution in [2.45, 2.75) is 12.8 Å². The summed E-state index contributed by atoms with van der Waals surface area (Å²) in [5, 5.41) is 16.8. The van der Waals surface area contributed by atoms with Gasteiger partial charge in [0.2, 0.25) is 0 Å². The van der Waals surface area contributed by atoms with Gasteiger partial charge in [0, 0.05) is 30.3 Å². The van der Waals surface area contributed by atoms with Crippen LogP contribution >= 0.6 is 0 Å². The molecule has 1 N–H and O–H groups in total. The lowest BCUT2D eigenvalue weighted by Crippen LogP contribution is -2.12. The predicted octanol–water partition coefficient (Wildman–Crippen LogP) is 4.26. The van der Waals surface area contributed by atoms with E-state index in [2.05, 4.69) is 77.9 Å². The normalized spacial score (nSPS) is 19.8. The van der Waals surface area contributed by atoms with Crippen LogP contribution < -0.4 is 0 Å². The van der Waals surface area contributed by atoms with Crippen LogP contribution in [0, 0.1) is 17.4 Å². The van der Waals surface area contributed by atoms with Crippen LogP contribution in [0.1, 0.15) is 18.5 Å². The molecule has 0 saturated carbocycles. The average molecular weight is 328 g/mol. The zero-order chi connectivity index (χ0) is 17.2. The van der Waals surface area contributed by atoms with E-state index in [-0.39, 0.29) is 0 Å². The molecule has 4 nitrogen and oxygen atoms in total. The van der Waals surface area contributed by atoms with Crippen LogP contribution in [0.15, 0.2) is 60.7 Å². The first-order valence-corrected chi connectivity index (χ1v) is 8.60. The summed E-state index contributed by atoms with van der Waals surface area (Å²) in [5.74, 6) is 0.790. The molecule has 2 heterocycles. The van der Waals surface area contributed by atoms with E-state index in [4.69, 9.17) is 5.26 Å². The van der Waals surface area contributed by atoms with Crippen molar-refractivity contribution in [1.82, 2.24) is 15.1 Å². The molecule has 1 aliphatic rings. The van der Waals surface area contributed by atoms with Gasteiger partial charge in [0.25, 0.3) is 0 Å². The molecular formula is C21H20N4. The fourth-order valence-corrected chi connectivity index (χ4v) is 3.59. The van der Waals surface area contributed by atoms with E-state index in [1.54, 1.807) is 0 Å². The highest BCUT2D eigenvalue weighted by atomic mass is 15.2. The van der Waals surface area contributed by atoms with Crippen molar-refractivity contribution < 1.29 is 0 Å². The Balaban J connectivity index is 1.56. The Bertz CT molecular complexity index is 890. The maximum Gasteiger partial charge on any atom is 0.179 e. The van der Waals surface area contributed by atoms with Crippen molar-refractivity contribution in [2.75, 3.05) is 13.1 Å². The predicted molar refractivity (Wildman–Crippen MR) is 98.6 cm³/mol. The van der Waals surface area contributed by atoms with Crippen molar-refractivity contribution in [3.63, 3.8) is 0 Å². The molecule has 2 unspecified atom stereocenters. The van der Waals surface area contributed by atoms with Gasteiger partial charge >= 0.3 is 0 Å². The van der Waals surface area contributed by atoms with Gasteiger partial charge in [-0.25, -0.2) is 0 Å². The highest BCUT2D eigenvalue weighted by Crippen LogP contribution is 2.33. The van der Waals surface area contributed by atoms with E-state index in [0.717, 1.165) is 30.0 Å². The van der Waals surface area contributed by atoms with Crippen LogP contribution in [0.2, 0.25) is 0 Å². The summed E-state index contributed by atoms with van der Waals surface area (Å²) in [6, 6.07) is 21.0. The lowest BCUT2D eigenvalue weighted by atomic mass is 9.94. The minimum absolute atomic E-state index is 0.337. The third-order valence-electron chi connectivity index (χ3n) is 5.04. The zero-order valence-electron chi connectivity index (χ0n) is 14.2. The second-order valence-corrected chi connectivity index (χ2v) is 6.74. The summed E-state index contributed by atoms with van der Waals surface area (Å²) < 4.78 is 0. The maximum atomic E-state index is 9.10. The Hall–Kier alpha value is -3.06. The number of nitrogens with one attached hydrogen (secondary N) is 1. The summed E-state index contributed by atoms with van der Waals surface area (Å²) in [5.41, 5.74) is 5.59. The van der Waals surface area contributed by atoms with Gasteiger partial charge in [0.05, 0.1) is 5.69 Å². The summed E-state index contributed by atoms with van der Waals surface area (Å²) in [7, 11) is 0. The van der Waals surface area contributed by atoms with Crippen molar-refractivity contribution in [2.24, 2.45) is 5.92 Å². The van der Waals surface area contributed by atoms with Gasteiger partial charge in [-0.1, -0.05) is 61.5 Å². The zero-order valence-corrected chi connectivity index (χ0v) is 14.2. The lowest BCUT2D eigenvalue weighted by molar-refractivity contribution is 0.465. The van der Waals surface area contributed by atoms with Gasteiger partial charge in [-0.3, -0.25) is 5.10 Å². The minimum atomic E-state index is 0.337. The number of nitriles is 1. The number of H-pyrrole nitrogens is 1. The van der Waals surface area contributed by atoms with Crippen LogP contribution in [0.5, 0.6) is 0 Å². The molecular weight excluding hydrogens is 308 g/mol. The second kappa shape index (κ2) is 6.45. The van der Waals surface area contributed by atoms with Gasteiger partial charge in [0.15, 0.2) is 6.19 Å². The maximum absolute atomic E-state index is 9.10. The number of hydrogen-bond donors (Lipinski definition) is 1. The highest BCUT2D eigenvalue weighted by Gasteiger charge is 2.31. The van der Waals surface area contributed by atoms with Crippen LogP contribution in [0.4, 0.5) is 0 Å². The van der Waals surface area contributed by atoms with E-state index in [1.165, 1.54) is 11.1 Å². The van der Waals surface area contributed by atoms with E-state index in [9.17, 15) is 0 Å². The number of hydrogen-bond acceptors (Lipinski definition) is 3. The first-order valence-electron chi connectivity index (χ1n) is 8.60. The van der Waals surface area contributed by atoms with Crippen molar-refractivity contribution in [1.29, 1.82) is 5.26 Å². The summed E-state index contributed by atoms with van der Waals surface area (Å²) in [6.07, 6.45) is 2.25. The smallest absolute Gasteiger partial charge is 0.179 e. The quantitative estimate of drug-likeness (QED) is 0.731. The first kappa shape index (κ1) is 15.5. The van der Waals surface area contributed by atoms with Crippen LogP contribution in [0.3, 0.4) is 0 Å². The summed E-state index contributed by atoms with van der Waals surface area (Å²) in [6.45, 7) is 3.78. The molecule has 0 amide bonds. The Morgan fingerprint density at radius 2 is 1.68 bits per heavy atom. The number of rotatable bonds is 3.